The number of methoxy groups -OCH3 is 2. The van der Waals surface area contributed by atoms with E-state index >= 15 is 0 Å². The van der Waals surface area contributed by atoms with E-state index in [1.165, 1.54) is 14.2 Å². The number of rotatable bonds is 15. The molecule has 0 saturated heterocycles. The average Bonchev–Trinajstić information content (AvgIpc) is 3.09. The van der Waals surface area contributed by atoms with E-state index in [-0.39, 0.29) is 26.1 Å². The average molecular weight is 639 g/mol. The molecule has 2 aliphatic rings. The molecular weight excluding hydrogens is 592 g/mol. The number of unbranched alkanes of at least 4 members (excludes halogenated alkanes) is 3. The van der Waals surface area contributed by atoms with Crippen LogP contribution in [0.5, 0.6) is 11.5 Å². The summed E-state index contributed by atoms with van der Waals surface area (Å²) in [6.07, 6.45) is 6.49. The molecule has 0 aromatic heterocycles. The molecule has 0 bridgehead atoms. The zero-order valence-electron chi connectivity index (χ0n) is 26.8. The number of carbonyl (C=O) groups is 4. The summed E-state index contributed by atoms with van der Waals surface area (Å²) < 4.78 is 21.3. The second-order valence-electron chi connectivity index (χ2n) is 12.3. The molecule has 2 aromatic rings. The van der Waals surface area contributed by atoms with Gasteiger partial charge in [0.2, 0.25) is 0 Å². The topological polar surface area (TPSA) is 146 Å². The van der Waals surface area contributed by atoms with Crippen LogP contribution in [-0.4, -0.2) is 72.4 Å². The minimum Gasteiger partial charge on any atom is -0.497 e. The van der Waals surface area contributed by atoms with Crippen molar-refractivity contribution < 1.29 is 48.3 Å². The highest BCUT2D eigenvalue weighted by atomic mass is 16.5. The summed E-state index contributed by atoms with van der Waals surface area (Å²) in [5, 5.41) is 22.7. The smallest absolute Gasteiger partial charge is 0.312 e. The quantitative estimate of drug-likeness (QED) is 0.151. The van der Waals surface area contributed by atoms with Crippen molar-refractivity contribution in [2.45, 2.75) is 88.3 Å². The van der Waals surface area contributed by atoms with Crippen molar-refractivity contribution in [3.05, 3.63) is 59.7 Å². The molecule has 4 unspecified atom stereocenters. The second-order valence-corrected chi connectivity index (χ2v) is 12.3. The third-order valence-electron chi connectivity index (χ3n) is 9.34. The van der Waals surface area contributed by atoms with Gasteiger partial charge in [-0.1, -0.05) is 25.7 Å². The molecule has 2 aromatic carbocycles. The maximum absolute atomic E-state index is 13.2. The van der Waals surface area contributed by atoms with E-state index in [1.54, 1.807) is 48.5 Å². The molecule has 2 N–H and O–H groups in total. The maximum atomic E-state index is 13.2. The fourth-order valence-corrected chi connectivity index (χ4v) is 6.57. The number of Topliss-reactive ketones (excluding diaryl/α,β-unsaturated/α-hetero) is 2. The molecule has 0 aliphatic heterocycles. The van der Waals surface area contributed by atoms with Gasteiger partial charge in [-0.05, 0) is 99.9 Å². The molecule has 46 heavy (non-hydrogen) atoms. The van der Waals surface area contributed by atoms with Gasteiger partial charge in [0.05, 0.1) is 39.3 Å². The summed E-state index contributed by atoms with van der Waals surface area (Å²) >= 11 is 0. The predicted octanol–water partition coefficient (Wildman–Crippen LogP) is 5.26. The molecule has 2 fully saturated rings. The Balaban J connectivity index is 1.18. The minimum absolute atomic E-state index is 0.157. The molecule has 4 atom stereocenters. The van der Waals surface area contributed by atoms with Crippen molar-refractivity contribution >= 4 is 23.5 Å². The van der Waals surface area contributed by atoms with E-state index in [0.29, 0.717) is 74.0 Å². The van der Waals surface area contributed by atoms with Crippen LogP contribution in [0.15, 0.2) is 48.5 Å². The van der Waals surface area contributed by atoms with Gasteiger partial charge >= 0.3 is 11.9 Å². The van der Waals surface area contributed by atoms with Crippen molar-refractivity contribution in [2.24, 2.45) is 11.8 Å². The molecule has 10 nitrogen and oxygen atoms in total. The molecule has 0 amide bonds. The van der Waals surface area contributed by atoms with Crippen LogP contribution in [0.25, 0.3) is 0 Å². The number of esters is 2. The number of carbonyl (C=O) groups excluding carboxylic acids is 4. The maximum Gasteiger partial charge on any atom is 0.312 e. The molecule has 4 rings (SSSR count). The van der Waals surface area contributed by atoms with Crippen LogP contribution in [0.1, 0.15) is 97.8 Å². The van der Waals surface area contributed by atoms with Crippen LogP contribution < -0.4 is 9.47 Å². The van der Waals surface area contributed by atoms with Gasteiger partial charge in [-0.25, -0.2) is 0 Å². The lowest BCUT2D eigenvalue weighted by atomic mass is 9.71. The zero-order valence-corrected chi connectivity index (χ0v) is 26.8. The van der Waals surface area contributed by atoms with Gasteiger partial charge in [0.25, 0.3) is 0 Å². The fraction of sp³-hybridized carbons (Fsp3) is 0.556. The van der Waals surface area contributed by atoms with Gasteiger partial charge in [-0.3, -0.25) is 19.2 Å². The Morgan fingerprint density at radius 2 is 0.978 bits per heavy atom. The van der Waals surface area contributed by atoms with Crippen LogP contribution in [0.4, 0.5) is 0 Å². The Hall–Kier alpha value is -3.76. The summed E-state index contributed by atoms with van der Waals surface area (Å²) in [6.45, 7) is 0.314. The molecule has 0 heterocycles. The zero-order chi connectivity index (χ0) is 33.2. The van der Waals surface area contributed by atoms with Crippen molar-refractivity contribution in [1.29, 1.82) is 0 Å². The van der Waals surface area contributed by atoms with Crippen molar-refractivity contribution in [3.8, 4) is 11.5 Å². The number of ketones is 2. The Morgan fingerprint density at radius 3 is 1.33 bits per heavy atom. The van der Waals surface area contributed by atoms with Crippen LogP contribution in [-0.2, 0) is 19.1 Å². The molecule has 0 spiro atoms. The molecule has 2 saturated carbocycles. The molecular formula is C36H46O10. The molecule has 2 aliphatic carbocycles. The molecule has 10 heteroatoms. The van der Waals surface area contributed by atoms with Gasteiger partial charge < -0.3 is 29.2 Å². The summed E-state index contributed by atoms with van der Waals surface area (Å²) in [6, 6.07) is 12.9. The minimum atomic E-state index is -1.81. The summed E-state index contributed by atoms with van der Waals surface area (Å²) in [4.78, 5) is 52.4. The number of hydrogen-bond acceptors (Lipinski definition) is 10. The molecule has 0 radical (unpaired) electrons. The van der Waals surface area contributed by atoms with Gasteiger partial charge in [-0.2, -0.15) is 0 Å². The highest BCUT2D eigenvalue weighted by molar-refractivity contribution is 6.05. The van der Waals surface area contributed by atoms with Crippen molar-refractivity contribution in [2.75, 3.05) is 27.4 Å². The van der Waals surface area contributed by atoms with Gasteiger partial charge in [-0.15, -0.1) is 0 Å². The van der Waals surface area contributed by atoms with E-state index < -0.39 is 46.5 Å². The normalized spacial score (nSPS) is 24.4. The van der Waals surface area contributed by atoms with Crippen LogP contribution >= 0.6 is 0 Å². The van der Waals surface area contributed by atoms with Crippen molar-refractivity contribution in [3.63, 3.8) is 0 Å². The van der Waals surface area contributed by atoms with E-state index in [4.69, 9.17) is 18.9 Å². The lowest BCUT2D eigenvalue weighted by molar-refractivity contribution is -0.160. The fourth-order valence-electron chi connectivity index (χ4n) is 6.57. The first-order valence-corrected chi connectivity index (χ1v) is 16.3. The SMILES string of the molecule is COc1ccc(C(=O)C2(O)CCCCC2C(=O)OCCCCCCOC(=O)C2CCCCC2(O)C(=O)c2ccc(OC)cc2)cc1. The van der Waals surface area contributed by atoms with E-state index in [9.17, 15) is 29.4 Å². The van der Waals surface area contributed by atoms with Crippen LogP contribution in [0, 0.1) is 11.8 Å². The number of hydrogen-bond donors (Lipinski definition) is 2. The lowest BCUT2D eigenvalue weighted by Gasteiger charge is -2.37. The van der Waals surface area contributed by atoms with Gasteiger partial charge in [0.1, 0.15) is 22.7 Å². The van der Waals surface area contributed by atoms with E-state index in [0.717, 1.165) is 12.8 Å². The third kappa shape index (κ3) is 8.14. The monoisotopic (exact) mass is 638 g/mol. The summed E-state index contributed by atoms with van der Waals surface area (Å²) in [5.74, 6) is -2.77. The summed E-state index contributed by atoms with van der Waals surface area (Å²) in [7, 11) is 3.06. The standard InChI is InChI=1S/C36H46O10/c1-43-27-17-13-25(14-18-27)31(37)35(41)21-7-5-11-29(35)33(39)45-23-9-3-4-10-24-46-34(40)30-12-6-8-22-36(30,42)32(38)26-15-19-28(44-2)20-16-26/h13-20,29-30,41-42H,3-12,21-24H2,1-2H3. The first-order valence-electron chi connectivity index (χ1n) is 16.3. The van der Waals surface area contributed by atoms with Crippen molar-refractivity contribution in [1.82, 2.24) is 0 Å². The number of aliphatic hydroxyl groups is 2. The Kier molecular flexibility index (Phi) is 12.3. The Labute approximate surface area is 270 Å². The second kappa shape index (κ2) is 16.2. The number of ether oxygens (including phenoxy) is 4. The predicted molar refractivity (Wildman–Crippen MR) is 169 cm³/mol. The first-order chi connectivity index (χ1) is 22.1. The highest BCUT2D eigenvalue weighted by Crippen LogP contribution is 2.39. The third-order valence-corrected chi connectivity index (χ3v) is 9.34. The van der Waals surface area contributed by atoms with Gasteiger partial charge in [0.15, 0.2) is 11.6 Å². The highest BCUT2D eigenvalue weighted by Gasteiger charge is 2.51. The first kappa shape index (κ1) is 35.1. The van der Waals surface area contributed by atoms with Crippen LogP contribution in [0.3, 0.4) is 0 Å². The summed E-state index contributed by atoms with van der Waals surface area (Å²) in [5.41, 5.74) is -2.98. The Bertz CT molecular complexity index is 1230. The van der Waals surface area contributed by atoms with E-state index in [1.807, 2.05) is 0 Å². The lowest BCUT2D eigenvalue weighted by Crippen LogP contribution is -2.51. The van der Waals surface area contributed by atoms with Crippen LogP contribution in [0.2, 0.25) is 0 Å². The Morgan fingerprint density at radius 1 is 0.609 bits per heavy atom. The number of benzene rings is 2. The largest absolute Gasteiger partial charge is 0.497 e. The van der Waals surface area contributed by atoms with Gasteiger partial charge in [0, 0.05) is 11.1 Å². The van der Waals surface area contributed by atoms with E-state index in [2.05, 4.69) is 0 Å². The molecule has 250 valence electrons.